The van der Waals surface area contributed by atoms with E-state index >= 15 is 0 Å². The molecule has 5 nitrogen and oxygen atoms in total. The van der Waals surface area contributed by atoms with E-state index in [9.17, 15) is 13.2 Å². The quantitative estimate of drug-likeness (QED) is 0.930. The van der Waals surface area contributed by atoms with Crippen LogP contribution in [0.4, 0.5) is 5.69 Å². The number of hydrogen-bond donors (Lipinski definition) is 1. The number of benzene rings is 2. The maximum atomic E-state index is 12.8. The van der Waals surface area contributed by atoms with Gasteiger partial charge in [-0.05, 0) is 42.2 Å². The summed E-state index contributed by atoms with van der Waals surface area (Å²) in [6.45, 7) is 3.05. The van der Waals surface area contributed by atoms with E-state index in [-0.39, 0.29) is 5.91 Å². The lowest BCUT2D eigenvalue weighted by atomic mass is 9.99. The zero-order chi connectivity index (χ0) is 17.3. The summed E-state index contributed by atoms with van der Waals surface area (Å²) in [6, 6.07) is 13.2. The Morgan fingerprint density at radius 3 is 2.54 bits per heavy atom. The van der Waals surface area contributed by atoms with Crippen LogP contribution in [0.1, 0.15) is 27.0 Å². The van der Waals surface area contributed by atoms with Crippen molar-refractivity contribution < 1.29 is 13.2 Å². The van der Waals surface area contributed by atoms with E-state index in [4.69, 9.17) is 0 Å². The summed E-state index contributed by atoms with van der Waals surface area (Å²) in [4.78, 5) is 14.6. The van der Waals surface area contributed by atoms with E-state index in [0.717, 1.165) is 18.2 Å². The van der Waals surface area contributed by atoms with Crippen LogP contribution in [0.2, 0.25) is 0 Å². The third kappa shape index (κ3) is 3.59. The third-order valence-electron chi connectivity index (χ3n) is 4.20. The monoisotopic (exact) mass is 344 g/mol. The molecule has 1 amide bonds. The van der Waals surface area contributed by atoms with E-state index in [1.54, 1.807) is 30.0 Å². The predicted octanol–water partition coefficient (Wildman–Crippen LogP) is 2.57. The molecule has 6 heteroatoms. The summed E-state index contributed by atoms with van der Waals surface area (Å²) >= 11 is 0. The predicted molar refractivity (Wildman–Crippen MR) is 94.5 cm³/mol. The minimum Gasteiger partial charge on any atom is -0.334 e. The molecule has 2 aromatic rings. The Hall–Kier alpha value is -2.34. The van der Waals surface area contributed by atoms with Gasteiger partial charge in [0, 0.05) is 18.7 Å². The molecule has 0 saturated carbocycles. The Labute approximate surface area is 142 Å². The van der Waals surface area contributed by atoms with Crippen LogP contribution in [0.5, 0.6) is 0 Å². The minimum atomic E-state index is -3.38. The van der Waals surface area contributed by atoms with Gasteiger partial charge in [0.05, 0.1) is 11.9 Å². The molecule has 1 heterocycles. The lowest BCUT2D eigenvalue weighted by molar-refractivity contribution is 0.0734. The van der Waals surface area contributed by atoms with Gasteiger partial charge in [-0.2, -0.15) is 0 Å². The molecule has 0 saturated heterocycles. The number of sulfonamides is 1. The standard InChI is InChI=1S/C18H20N2O3S/c1-13-7-8-15(11-17(13)19-24(2,22)23)18(21)20-10-9-14-5-3-4-6-16(14)12-20/h3-8,11,19H,9-10,12H2,1-2H3. The van der Waals surface area contributed by atoms with Crippen molar-refractivity contribution in [2.45, 2.75) is 19.9 Å². The Bertz CT molecular complexity index is 891. The summed E-state index contributed by atoms with van der Waals surface area (Å²) in [5.41, 5.74) is 4.16. The van der Waals surface area contributed by atoms with Crippen LogP contribution in [-0.2, 0) is 23.0 Å². The van der Waals surface area contributed by atoms with Crippen LogP contribution in [-0.4, -0.2) is 32.0 Å². The fraction of sp³-hybridized carbons (Fsp3) is 0.278. The SMILES string of the molecule is Cc1ccc(C(=O)N2CCc3ccccc3C2)cc1NS(C)(=O)=O. The third-order valence-corrected chi connectivity index (χ3v) is 4.79. The fourth-order valence-electron chi connectivity index (χ4n) is 2.92. The molecule has 0 aromatic heterocycles. The number of nitrogens with one attached hydrogen (secondary N) is 1. The van der Waals surface area contributed by atoms with Crippen molar-refractivity contribution in [2.75, 3.05) is 17.5 Å². The largest absolute Gasteiger partial charge is 0.334 e. The first-order valence-electron chi connectivity index (χ1n) is 7.78. The van der Waals surface area contributed by atoms with Crippen LogP contribution in [0.3, 0.4) is 0 Å². The normalized spacial score (nSPS) is 14.2. The van der Waals surface area contributed by atoms with Crippen LogP contribution >= 0.6 is 0 Å². The van der Waals surface area contributed by atoms with E-state index in [1.165, 1.54) is 11.1 Å². The molecule has 0 aliphatic carbocycles. The number of rotatable bonds is 3. The number of amides is 1. The van der Waals surface area contributed by atoms with Crippen LogP contribution in [0.25, 0.3) is 0 Å². The molecule has 1 N–H and O–H groups in total. The van der Waals surface area contributed by atoms with Crippen molar-refractivity contribution in [2.24, 2.45) is 0 Å². The molecule has 0 unspecified atom stereocenters. The van der Waals surface area contributed by atoms with Gasteiger partial charge < -0.3 is 4.90 Å². The van der Waals surface area contributed by atoms with Gasteiger partial charge in [0.15, 0.2) is 0 Å². The zero-order valence-corrected chi connectivity index (χ0v) is 14.6. The number of aryl methyl sites for hydroxylation is 1. The number of carbonyl (C=O) groups excluding carboxylic acids is 1. The summed E-state index contributed by atoms with van der Waals surface area (Å²) in [7, 11) is -3.38. The summed E-state index contributed by atoms with van der Waals surface area (Å²) < 4.78 is 25.4. The molecule has 0 spiro atoms. The summed E-state index contributed by atoms with van der Waals surface area (Å²) in [5, 5.41) is 0. The van der Waals surface area contributed by atoms with Crippen molar-refractivity contribution in [3.63, 3.8) is 0 Å². The van der Waals surface area contributed by atoms with Gasteiger partial charge in [-0.3, -0.25) is 9.52 Å². The van der Waals surface area contributed by atoms with E-state index in [1.807, 2.05) is 18.2 Å². The van der Waals surface area contributed by atoms with Crippen molar-refractivity contribution in [1.82, 2.24) is 4.90 Å². The molecule has 1 aliphatic rings. The second-order valence-corrected chi connectivity index (χ2v) is 7.90. The number of nitrogens with zero attached hydrogens (tertiary/aromatic N) is 1. The van der Waals surface area contributed by atoms with Gasteiger partial charge in [-0.15, -0.1) is 0 Å². The maximum Gasteiger partial charge on any atom is 0.254 e. The molecule has 0 radical (unpaired) electrons. The van der Waals surface area contributed by atoms with Gasteiger partial charge in [0.25, 0.3) is 5.91 Å². The first kappa shape index (κ1) is 16.5. The van der Waals surface area contributed by atoms with Crippen LogP contribution in [0.15, 0.2) is 42.5 Å². The van der Waals surface area contributed by atoms with Gasteiger partial charge in [0.1, 0.15) is 0 Å². The highest BCUT2D eigenvalue weighted by Crippen LogP contribution is 2.23. The van der Waals surface area contributed by atoms with Gasteiger partial charge in [0.2, 0.25) is 10.0 Å². The molecular formula is C18H20N2O3S. The number of fused-ring (bicyclic) bond motifs is 1. The van der Waals surface area contributed by atoms with Crippen molar-refractivity contribution in [1.29, 1.82) is 0 Å². The van der Waals surface area contributed by atoms with Gasteiger partial charge in [-0.25, -0.2) is 8.42 Å². The lowest BCUT2D eigenvalue weighted by Crippen LogP contribution is -2.36. The van der Waals surface area contributed by atoms with Gasteiger partial charge in [-0.1, -0.05) is 30.3 Å². The molecule has 0 fully saturated rings. The van der Waals surface area contributed by atoms with E-state index < -0.39 is 10.0 Å². The zero-order valence-electron chi connectivity index (χ0n) is 13.7. The highest BCUT2D eigenvalue weighted by atomic mass is 32.2. The Balaban J connectivity index is 1.85. The first-order valence-corrected chi connectivity index (χ1v) is 9.67. The van der Waals surface area contributed by atoms with E-state index in [0.29, 0.717) is 24.3 Å². The average molecular weight is 344 g/mol. The van der Waals surface area contributed by atoms with E-state index in [2.05, 4.69) is 10.8 Å². The Morgan fingerprint density at radius 2 is 1.83 bits per heavy atom. The van der Waals surface area contributed by atoms with Crippen LogP contribution in [0, 0.1) is 6.92 Å². The topological polar surface area (TPSA) is 66.5 Å². The molecule has 2 aromatic carbocycles. The first-order chi connectivity index (χ1) is 11.3. The number of anilines is 1. The highest BCUT2D eigenvalue weighted by molar-refractivity contribution is 7.92. The molecule has 24 heavy (non-hydrogen) atoms. The highest BCUT2D eigenvalue weighted by Gasteiger charge is 2.22. The summed E-state index contributed by atoms with van der Waals surface area (Å²) in [6.07, 6.45) is 1.94. The summed E-state index contributed by atoms with van der Waals surface area (Å²) in [5.74, 6) is -0.0824. The van der Waals surface area contributed by atoms with Crippen molar-refractivity contribution in [3.05, 3.63) is 64.7 Å². The Morgan fingerprint density at radius 1 is 1.12 bits per heavy atom. The second kappa shape index (κ2) is 6.28. The molecule has 0 atom stereocenters. The number of carbonyl (C=O) groups is 1. The smallest absolute Gasteiger partial charge is 0.254 e. The molecule has 3 rings (SSSR count). The van der Waals surface area contributed by atoms with Crippen LogP contribution < -0.4 is 4.72 Å². The molecule has 0 bridgehead atoms. The minimum absolute atomic E-state index is 0.0824. The fourth-order valence-corrected chi connectivity index (χ4v) is 3.54. The van der Waals surface area contributed by atoms with Crippen molar-refractivity contribution >= 4 is 21.6 Å². The maximum absolute atomic E-state index is 12.8. The van der Waals surface area contributed by atoms with Gasteiger partial charge >= 0.3 is 0 Å². The Kier molecular flexibility index (Phi) is 4.32. The number of hydrogen-bond acceptors (Lipinski definition) is 3. The lowest BCUT2D eigenvalue weighted by Gasteiger charge is -2.29. The average Bonchev–Trinajstić information content (AvgIpc) is 2.54. The second-order valence-electron chi connectivity index (χ2n) is 6.15. The molecular weight excluding hydrogens is 324 g/mol. The molecule has 126 valence electrons. The molecule has 1 aliphatic heterocycles. The van der Waals surface area contributed by atoms with Crippen molar-refractivity contribution in [3.8, 4) is 0 Å².